The van der Waals surface area contributed by atoms with Crippen LogP contribution in [0.4, 0.5) is 0 Å². The van der Waals surface area contributed by atoms with Gasteiger partial charge in [0.05, 0.1) is 12.7 Å². The van der Waals surface area contributed by atoms with Crippen LogP contribution in [-0.2, 0) is 9.53 Å². The topological polar surface area (TPSA) is 92.8 Å². The second-order valence-corrected chi connectivity index (χ2v) is 2.66. The van der Waals surface area contributed by atoms with Gasteiger partial charge >= 0.3 is 5.97 Å². The van der Waals surface area contributed by atoms with Gasteiger partial charge in [0.2, 0.25) is 0 Å². The Morgan fingerprint density at radius 3 is 2.67 bits per heavy atom. The van der Waals surface area contributed by atoms with E-state index in [1.54, 1.807) is 6.92 Å². The predicted molar refractivity (Wildman–Crippen MR) is 42.7 cm³/mol. The van der Waals surface area contributed by atoms with E-state index in [1.165, 1.54) is 0 Å². The van der Waals surface area contributed by atoms with Crippen molar-refractivity contribution in [1.82, 2.24) is 0 Å². The van der Waals surface area contributed by atoms with Crippen LogP contribution in [0.5, 0.6) is 0 Å². The molecule has 4 N–H and O–H groups in total. The second kappa shape index (κ2) is 5.93. The molecule has 0 fully saturated rings. The number of hydrogen-bond donors (Lipinski definition) is 3. The highest BCUT2D eigenvalue weighted by atomic mass is 16.5. The number of aliphatic hydroxyl groups excluding tert-OH is 1. The molecular formula is C7H15NO4. The van der Waals surface area contributed by atoms with Crippen molar-refractivity contribution in [2.45, 2.75) is 25.5 Å². The lowest BCUT2D eigenvalue weighted by atomic mass is 10.3. The summed E-state index contributed by atoms with van der Waals surface area (Å²) in [4.78, 5) is 10.2. The van der Waals surface area contributed by atoms with E-state index in [9.17, 15) is 4.79 Å². The van der Waals surface area contributed by atoms with Crippen molar-refractivity contribution in [1.29, 1.82) is 0 Å². The minimum Gasteiger partial charge on any atom is -0.480 e. The van der Waals surface area contributed by atoms with Crippen molar-refractivity contribution < 1.29 is 19.7 Å². The van der Waals surface area contributed by atoms with E-state index in [-0.39, 0.29) is 6.61 Å². The number of carboxylic acid groups (broad SMARTS) is 1. The molecule has 0 aromatic carbocycles. The SMILES string of the molecule is C[C@H](O)CCOC[C@H](N)C(=O)O. The Kier molecular flexibility index (Phi) is 5.61. The van der Waals surface area contributed by atoms with Crippen LogP contribution in [-0.4, -0.2) is 41.5 Å². The molecule has 0 bridgehead atoms. The lowest BCUT2D eigenvalue weighted by molar-refractivity contribution is -0.140. The monoisotopic (exact) mass is 177 g/mol. The maximum atomic E-state index is 10.2. The molecule has 0 aliphatic rings. The van der Waals surface area contributed by atoms with Crippen LogP contribution in [0, 0.1) is 0 Å². The molecule has 0 aliphatic heterocycles. The molecule has 0 aliphatic carbocycles. The molecule has 0 unspecified atom stereocenters. The first-order chi connectivity index (χ1) is 5.54. The van der Waals surface area contributed by atoms with Crippen LogP contribution >= 0.6 is 0 Å². The van der Waals surface area contributed by atoms with Gasteiger partial charge in [0.1, 0.15) is 6.04 Å². The van der Waals surface area contributed by atoms with Gasteiger partial charge in [-0.15, -0.1) is 0 Å². The Balaban J connectivity index is 3.25. The van der Waals surface area contributed by atoms with Gasteiger partial charge in [0.25, 0.3) is 0 Å². The molecule has 0 rings (SSSR count). The van der Waals surface area contributed by atoms with Crippen LogP contribution in [0.1, 0.15) is 13.3 Å². The van der Waals surface area contributed by atoms with Gasteiger partial charge in [-0.1, -0.05) is 0 Å². The number of carboxylic acids is 1. The largest absolute Gasteiger partial charge is 0.480 e. The molecule has 0 radical (unpaired) electrons. The second-order valence-electron chi connectivity index (χ2n) is 2.66. The summed E-state index contributed by atoms with van der Waals surface area (Å²) < 4.78 is 4.90. The Hall–Kier alpha value is -0.650. The Labute approximate surface area is 71.1 Å². The lowest BCUT2D eigenvalue weighted by Gasteiger charge is -2.08. The number of rotatable bonds is 6. The van der Waals surface area contributed by atoms with E-state index < -0.39 is 18.1 Å². The fraction of sp³-hybridized carbons (Fsp3) is 0.857. The van der Waals surface area contributed by atoms with Crippen LogP contribution in [0.2, 0.25) is 0 Å². The van der Waals surface area contributed by atoms with E-state index in [2.05, 4.69) is 0 Å². The van der Waals surface area contributed by atoms with Crippen molar-refractivity contribution in [3.05, 3.63) is 0 Å². The van der Waals surface area contributed by atoms with E-state index in [0.717, 1.165) is 0 Å². The van der Waals surface area contributed by atoms with Crippen molar-refractivity contribution in [2.24, 2.45) is 5.73 Å². The number of ether oxygens (including phenoxy) is 1. The number of hydrogen-bond acceptors (Lipinski definition) is 4. The molecule has 0 aromatic heterocycles. The Morgan fingerprint density at radius 2 is 2.25 bits per heavy atom. The average molecular weight is 177 g/mol. The van der Waals surface area contributed by atoms with Crippen molar-refractivity contribution in [2.75, 3.05) is 13.2 Å². The van der Waals surface area contributed by atoms with Crippen LogP contribution < -0.4 is 5.73 Å². The van der Waals surface area contributed by atoms with Gasteiger partial charge in [-0.25, -0.2) is 0 Å². The van der Waals surface area contributed by atoms with E-state index >= 15 is 0 Å². The fourth-order valence-electron chi connectivity index (χ4n) is 0.535. The molecule has 0 aromatic rings. The number of carbonyl (C=O) groups is 1. The van der Waals surface area contributed by atoms with E-state index in [1.807, 2.05) is 0 Å². The summed E-state index contributed by atoms with van der Waals surface area (Å²) in [6.45, 7) is 1.96. The maximum absolute atomic E-state index is 10.2. The molecule has 12 heavy (non-hydrogen) atoms. The molecule has 72 valence electrons. The van der Waals surface area contributed by atoms with Crippen molar-refractivity contribution >= 4 is 5.97 Å². The zero-order valence-corrected chi connectivity index (χ0v) is 7.06. The molecule has 0 saturated carbocycles. The van der Waals surface area contributed by atoms with Crippen LogP contribution in [0.3, 0.4) is 0 Å². The summed E-state index contributed by atoms with van der Waals surface area (Å²) in [7, 11) is 0. The number of nitrogens with two attached hydrogens (primary N) is 1. The van der Waals surface area contributed by atoms with Gasteiger partial charge in [0.15, 0.2) is 0 Å². The first-order valence-corrected chi connectivity index (χ1v) is 3.78. The molecule has 0 saturated heterocycles. The predicted octanol–water partition coefficient (Wildman–Crippen LogP) is -0.814. The molecule has 0 spiro atoms. The van der Waals surface area contributed by atoms with Crippen molar-refractivity contribution in [3.8, 4) is 0 Å². The average Bonchev–Trinajstić information content (AvgIpc) is 1.97. The molecule has 2 atom stereocenters. The minimum absolute atomic E-state index is 0.0119. The highest BCUT2D eigenvalue weighted by Gasteiger charge is 2.10. The van der Waals surface area contributed by atoms with Crippen LogP contribution in [0.15, 0.2) is 0 Å². The van der Waals surface area contributed by atoms with E-state index in [0.29, 0.717) is 13.0 Å². The van der Waals surface area contributed by atoms with Gasteiger partial charge in [-0.05, 0) is 13.3 Å². The normalized spacial score (nSPS) is 15.6. The summed E-state index contributed by atoms with van der Waals surface area (Å²) >= 11 is 0. The number of aliphatic carboxylic acids is 1. The smallest absolute Gasteiger partial charge is 0.322 e. The summed E-state index contributed by atoms with van der Waals surface area (Å²) in [5.41, 5.74) is 5.15. The Morgan fingerprint density at radius 1 is 1.67 bits per heavy atom. The zero-order valence-electron chi connectivity index (χ0n) is 7.06. The molecule has 0 amide bonds. The summed E-state index contributed by atoms with van der Waals surface area (Å²) in [6.07, 6.45) is 0.0674. The third-order valence-corrected chi connectivity index (χ3v) is 1.29. The van der Waals surface area contributed by atoms with Gasteiger partial charge < -0.3 is 20.7 Å². The lowest BCUT2D eigenvalue weighted by Crippen LogP contribution is -2.35. The Bertz CT molecular complexity index is 137. The molecule has 5 heteroatoms. The molecule has 0 heterocycles. The molecular weight excluding hydrogens is 162 g/mol. The third-order valence-electron chi connectivity index (χ3n) is 1.29. The highest BCUT2D eigenvalue weighted by molar-refractivity contribution is 5.73. The third kappa shape index (κ3) is 6.09. The zero-order chi connectivity index (χ0) is 9.56. The molecule has 5 nitrogen and oxygen atoms in total. The maximum Gasteiger partial charge on any atom is 0.322 e. The van der Waals surface area contributed by atoms with Crippen LogP contribution in [0.25, 0.3) is 0 Å². The fourth-order valence-corrected chi connectivity index (χ4v) is 0.535. The standard InChI is InChI=1S/C7H15NO4/c1-5(9)2-3-12-4-6(8)7(10)11/h5-6,9H,2-4,8H2,1H3,(H,10,11)/t5-,6-/m0/s1. The first kappa shape index (κ1) is 11.4. The highest BCUT2D eigenvalue weighted by Crippen LogP contribution is 1.91. The minimum atomic E-state index is -1.08. The summed E-state index contributed by atoms with van der Waals surface area (Å²) in [6, 6.07) is -0.973. The number of aliphatic hydroxyl groups is 1. The first-order valence-electron chi connectivity index (χ1n) is 3.78. The van der Waals surface area contributed by atoms with Gasteiger partial charge in [0, 0.05) is 6.61 Å². The van der Waals surface area contributed by atoms with Gasteiger partial charge in [-0.3, -0.25) is 4.79 Å². The quantitative estimate of drug-likeness (QED) is 0.461. The van der Waals surface area contributed by atoms with E-state index in [4.69, 9.17) is 20.7 Å². The van der Waals surface area contributed by atoms with Crippen molar-refractivity contribution in [3.63, 3.8) is 0 Å². The van der Waals surface area contributed by atoms with Gasteiger partial charge in [-0.2, -0.15) is 0 Å². The summed E-state index contributed by atoms with van der Waals surface area (Å²) in [5.74, 6) is -1.08. The summed E-state index contributed by atoms with van der Waals surface area (Å²) in [5, 5.41) is 17.1.